The van der Waals surface area contributed by atoms with Crippen molar-refractivity contribution in [1.29, 1.82) is 5.41 Å². The molecule has 4 rings (SSSR count). The van der Waals surface area contributed by atoms with Crippen molar-refractivity contribution < 1.29 is 17.9 Å². The summed E-state index contributed by atoms with van der Waals surface area (Å²) >= 11 is 0. The van der Waals surface area contributed by atoms with Crippen LogP contribution in [0, 0.1) is 17.2 Å². The molecule has 0 saturated carbocycles. The number of amidine groups is 1. The topological polar surface area (TPSA) is 123 Å². The molecule has 2 amide bonds. The molecule has 0 spiro atoms. The number of hydrogen-bond donors (Lipinski definition) is 2. The van der Waals surface area contributed by atoms with Crippen LogP contribution in [0.25, 0.3) is 0 Å². The summed E-state index contributed by atoms with van der Waals surface area (Å²) in [5.41, 5.74) is 6.97. The largest absolute Gasteiger partial charge is 0.384 e. The van der Waals surface area contributed by atoms with E-state index in [1.165, 1.54) is 4.31 Å². The van der Waals surface area contributed by atoms with E-state index in [0.29, 0.717) is 70.5 Å². The Kier molecular flexibility index (Phi) is 7.22. The summed E-state index contributed by atoms with van der Waals surface area (Å²) in [6, 6.07) is 7.19. The van der Waals surface area contributed by atoms with E-state index in [0.717, 1.165) is 18.5 Å². The van der Waals surface area contributed by atoms with Crippen LogP contribution in [0.15, 0.2) is 24.3 Å². The number of nitrogens with two attached hydrogens (primary N) is 1. The average Bonchev–Trinajstić information content (AvgIpc) is 2.82. The number of piperidine rings is 1. The molecule has 3 saturated heterocycles. The number of nitrogens with one attached hydrogen (secondary N) is 1. The van der Waals surface area contributed by atoms with Crippen LogP contribution in [0.2, 0.25) is 0 Å². The second-order valence-corrected chi connectivity index (χ2v) is 11.2. The van der Waals surface area contributed by atoms with Crippen LogP contribution in [0.3, 0.4) is 0 Å². The second kappa shape index (κ2) is 9.96. The number of benzene rings is 1. The number of nitrogen functional groups attached to an aromatic ring is 1. The van der Waals surface area contributed by atoms with Crippen LogP contribution in [0.1, 0.15) is 25.3 Å². The summed E-state index contributed by atoms with van der Waals surface area (Å²) in [5.74, 6) is 0.538. The second-order valence-electron chi connectivity index (χ2n) is 9.23. The molecule has 1 atom stereocenters. The highest BCUT2D eigenvalue weighted by molar-refractivity contribution is 7.86. The first-order valence-electron chi connectivity index (χ1n) is 11.6. The van der Waals surface area contributed by atoms with Crippen molar-refractivity contribution >= 4 is 27.8 Å². The van der Waals surface area contributed by atoms with Crippen molar-refractivity contribution in [2.45, 2.75) is 19.8 Å². The van der Waals surface area contributed by atoms with E-state index in [-0.39, 0.29) is 17.8 Å². The van der Waals surface area contributed by atoms with Gasteiger partial charge in [-0.3, -0.25) is 10.3 Å². The van der Waals surface area contributed by atoms with Gasteiger partial charge in [-0.15, -0.1) is 0 Å². The molecule has 33 heavy (non-hydrogen) atoms. The number of rotatable bonds is 6. The number of nitrogens with zero attached hydrogens (tertiary/aromatic N) is 4. The maximum Gasteiger partial charge on any atom is 0.324 e. The van der Waals surface area contributed by atoms with Crippen LogP contribution in [-0.2, 0) is 14.9 Å². The molecule has 1 aromatic carbocycles. The van der Waals surface area contributed by atoms with Gasteiger partial charge < -0.3 is 15.4 Å². The Bertz CT molecular complexity index is 973. The highest BCUT2D eigenvalue weighted by Gasteiger charge is 2.36. The average molecular weight is 479 g/mol. The van der Waals surface area contributed by atoms with Gasteiger partial charge in [0.25, 0.3) is 10.2 Å². The molecule has 3 N–H and O–H groups in total. The molecule has 3 fully saturated rings. The molecule has 1 aromatic rings. The SMILES string of the molecule is CC1CN(CC2CCN(S(=O)(=O)N3CCOCC3)CC2)C(=O)N(c2cccc(C(=N)N)c2)C1. The van der Waals surface area contributed by atoms with E-state index in [1.807, 2.05) is 17.0 Å². The molecule has 3 aliphatic rings. The van der Waals surface area contributed by atoms with Crippen LogP contribution in [0.4, 0.5) is 10.5 Å². The van der Waals surface area contributed by atoms with Gasteiger partial charge in [-0.05, 0) is 36.8 Å². The van der Waals surface area contributed by atoms with Crippen LogP contribution >= 0.6 is 0 Å². The Labute approximate surface area is 195 Å². The zero-order valence-electron chi connectivity index (χ0n) is 19.1. The van der Waals surface area contributed by atoms with Crippen LogP contribution < -0.4 is 10.6 Å². The maximum atomic E-state index is 13.3. The van der Waals surface area contributed by atoms with Gasteiger partial charge >= 0.3 is 6.03 Å². The molecule has 0 aromatic heterocycles. The Morgan fingerprint density at radius 2 is 1.79 bits per heavy atom. The Morgan fingerprint density at radius 1 is 1.12 bits per heavy atom. The number of anilines is 1. The first-order chi connectivity index (χ1) is 15.8. The highest BCUT2D eigenvalue weighted by atomic mass is 32.2. The van der Waals surface area contributed by atoms with E-state index in [4.69, 9.17) is 15.9 Å². The Balaban J connectivity index is 1.37. The fraction of sp³-hybridized carbons (Fsp3) is 0.636. The van der Waals surface area contributed by atoms with Crippen LogP contribution in [0.5, 0.6) is 0 Å². The van der Waals surface area contributed by atoms with Gasteiger partial charge in [0.15, 0.2) is 0 Å². The van der Waals surface area contributed by atoms with Crippen molar-refractivity contribution in [3.63, 3.8) is 0 Å². The number of urea groups is 1. The van der Waals surface area contributed by atoms with E-state index in [9.17, 15) is 13.2 Å². The lowest BCUT2D eigenvalue weighted by Crippen LogP contribution is -2.55. The number of carbonyl (C=O) groups is 1. The summed E-state index contributed by atoms with van der Waals surface area (Å²) in [5, 5.41) is 7.68. The third-order valence-corrected chi connectivity index (χ3v) is 8.71. The van der Waals surface area contributed by atoms with Gasteiger partial charge in [-0.2, -0.15) is 17.0 Å². The number of morpholine rings is 1. The highest BCUT2D eigenvalue weighted by Crippen LogP contribution is 2.27. The Hall–Kier alpha value is -2.21. The number of ether oxygens (including phenoxy) is 1. The maximum absolute atomic E-state index is 13.3. The molecule has 182 valence electrons. The lowest BCUT2D eigenvalue weighted by Gasteiger charge is -2.42. The molecule has 3 aliphatic heterocycles. The predicted molar refractivity (Wildman–Crippen MR) is 127 cm³/mol. The molecular formula is C22H34N6O4S. The van der Waals surface area contributed by atoms with E-state index in [2.05, 4.69) is 6.92 Å². The molecule has 0 bridgehead atoms. The lowest BCUT2D eigenvalue weighted by molar-refractivity contribution is 0.0690. The minimum absolute atomic E-state index is 0.0231. The standard InChI is InChI=1S/C22H34N6O4S/c1-17-14-25(22(29)28(15-17)20-4-2-3-19(13-20)21(23)24)16-18-5-7-26(8-6-18)33(30,31)27-9-11-32-12-10-27/h2-4,13,17-18H,5-12,14-16H2,1H3,(H3,23,24). The van der Waals surface area contributed by atoms with Crippen molar-refractivity contribution in [1.82, 2.24) is 13.5 Å². The fourth-order valence-electron chi connectivity index (χ4n) is 4.86. The minimum atomic E-state index is -3.45. The minimum Gasteiger partial charge on any atom is -0.384 e. The summed E-state index contributed by atoms with van der Waals surface area (Å²) in [6.07, 6.45) is 1.48. The van der Waals surface area contributed by atoms with Gasteiger partial charge in [0, 0.05) is 57.1 Å². The third kappa shape index (κ3) is 5.32. The molecule has 0 aliphatic carbocycles. The van der Waals surface area contributed by atoms with Gasteiger partial charge in [0.05, 0.1) is 13.2 Å². The van der Waals surface area contributed by atoms with Crippen molar-refractivity contribution in [3.05, 3.63) is 29.8 Å². The number of carbonyl (C=O) groups excluding carboxylic acids is 1. The normalized spacial score (nSPS) is 24.3. The number of hydrogen-bond acceptors (Lipinski definition) is 5. The number of amides is 2. The molecule has 3 heterocycles. The summed E-state index contributed by atoms with van der Waals surface area (Å²) in [7, 11) is -3.45. The van der Waals surface area contributed by atoms with E-state index < -0.39 is 10.2 Å². The lowest BCUT2D eigenvalue weighted by atomic mass is 9.96. The zero-order chi connectivity index (χ0) is 23.6. The van der Waals surface area contributed by atoms with Gasteiger partial charge in [-0.1, -0.05) is 19.1 Å². The Morgan fingerprint density at radius 3 is 2.45 bits per heavy atom. The molecule has 1 unspecified atom stereocenters. The quantitative estimate of drug-likeness (QED) is 0.469. The third-order valence-electron chi connectivity index (χ3n) is 6.67. The predicted octanol–water partition coefficient (Wildman–Crippen LogP) is 1.14. The van der Waals surface area contributed by atoms with Gasteiger partial charge in [0.1, 0.15) is 5.84 Å². The monoisotopic (exact) mass is 478 g/mol. The first kappa shape index (κ1) is 23.9. The van der Waals surface area contributed by atoms with Crippen molar-refractivity contribution in [2.75, 3.05) is 63.9 Å². The van der Waals surface area contributed by atoms with Gasteiger partial charge in [-0.25, -0.2) is 4.79 Å². The fourth-order valence-corrected chi connectivity index (χ4v) is 6.47. The zero-order valence-corrected chi connectivity index (χ0v) is 20.0. The van der Waals surface area contributed by atoms with Gasteiger partial charge in [0.2, 0.25) is 0 Å². The van der Waals surface area contributed by atoms with E-state index >= 15 is 0 Å². The summed E-state index contributed by atoms with van der Waals surface area (Å²) in [6.45, 7) is 6.70. The summed E-state index contributed by atoms with van der Waals surface area (Å²) < 4.78 is 34.2. The van der Waals surface area contributed by atoms with Crippen molar-refractivity contribution in [2.24, 2.45) is 17.6 Å². The van der Waals surface area contributed by atoms with E-state index in [1.54, 1.807) is 21.3 Å². The molecule has 0 radical (unpaired) electrons. The van der Waals surface area contributed by atoms with Crippen LogP contribution in [-0.4, -0.2) is 92.8 Å². The molecule has 10 nitrogen and oxygen atoms in total. The molecule has 11 heteroatoms. The summed E-state index contributed by atoms with van der Waals surface area (Å²) in [4.78, 5) is 17.0. The molecular weight excluding hydrogens is 444 g/mol. The van der Waals surface area contributed by atoms with Crippen molar-refractivity contribution in [3.8, 4) is 0 Å². The first-order valence-corrected chi connectivity index (χ1v) is 13.0. The smallest absolute Gasteiger partial charge is 0.324 e.